The van der Waals surface area contributed by atoms with Crippen molar-refractivity contribution in [1.82, 2.24) is 9.80 Å². The number of carbonyl (C=O) groups is 2. The van der Waals surface area contributed by atoms with Crippen molar-refractivity contribution in [2.45, 2.75) is 12.5 Å². The predicted molar refractivity (Wildman–Crippen MR) is 94.8 cm³/mol. The fraction of sp³-hybridized carbons (Fsp3) is 0.333. The lowest BCUT2D eigenvalue weighted by molar-refractivity contribution is -0.132. The number of hydrogen-bond acceptors (Lipinski definition) is 4. The number of thiophene rings is 1. The van der Waals surface area contributed by atoms with E-state index in [0.29, 0.717) is 26.2 Å². The van der Waals surface area contributed by atoms with Crippen LogP contribution in [0.3, 0.4) is 0 Å². The van der Waals surface area contributed by atoms with Crippen molar-refractivity contribution in [3.63, 3.8) is 0 Å². The zero-order valence-corrected chi connectivity index (χ0v) is 14.2. The zero-order chi connectivity index (χ0) is 16.9. The van der Waals surface area contributed by atoms with Gasteiger partial charge in [0.2, 0.25) is 5.91 Å². The zero-order valence-electron chi connectivity index (χ0n) is 13.4. The van der Waals surface area contributed by atoms with Crippen LogP contribution in [-0.4, -0.2) is 47.8 Å². The highest BCUT2D eigenvalue weighted by Crippen LogP contribution is 2.17. The molecule has 1 saturated heterocycles. The standard InChI is InChI=1S/C18H21N3O2S/c19-16(14-6-2-1-3-7-14)18(23)21-10-5-9-20(11-12-21)17(22)15-8-4-13-24-15/h1-4,6-8,13,16H,5,9-12,19H2. The van der Waals surface area contributed by atoms with Gasteiger partial charge in [0.05, 0.1) is 4.88 Å². The molecule has 0 aliphatic carbocycles. The van der Waals surface area contributed by atoms with E-state index < -0.39 is 6.04 Å². The quantitative estimate of drug-likeness (QED) is 0.928. The Morgan fingerprint density at radius 1 is 0.958 bits per heavy atom. The SMILES string of the molecule is NC(C(=O)N1CCCN(C(=O)c2cccs2)CC1)c1ccccc1. The van der Waals surface area contributed by atoms with Crippen LogP contribution in [0.2, 0.25) is 0 Å². The van der Waals surface area contributed by atoms with Crippen molar-refractivity contribution in [3.05, 3.63) is 58.3 Å². The van der Waals surface area contributed by atoms with Gasteiger partial charge in [-0.25, -0.2) is 0 Å². The summed E-state index contributed by atoms with van der Waals surface area (Å²) in [6, 6.07) is 12.5. The maximum atomic E-state index is 12.7. The smallest absolute Gasteiger partial charge is 0.263 e. The summed E-state index contributed by atoms with van der Waals surface area (Å²) in [5.74, 6) is -0.0294. The molecule has 1 aliphatic heterocycles. The maximum absolute atomic E-state index is 12.7. The molecule has 1 unspecified atom stereocenters. The molecule has 1 atom stereocenters. The second-order valence-corrected chi connectivity index (χ2v) is 6.78. The summed E-state index contributed by atoms with van der Waals surface area (Å²) < 4.78 is 0. The molecule has 2 amide bonds. The predicted octanol–water partition coefficient (Wildman–Crippen LogP) is 2.12. The summed E-state index contributed by atoms with van der Waals surface area (Å²) in [5, 5.41) is 1.90. The number of carbonyl (C=O) groups excluding carboxylic acids is 2. The summed E-state index contributed by atoms with van der Waals surface area (Å²) in [5.41, 5.74) is 6.94. The molecule has 6 heteroatoms. The Morgan fingerprint density at radius 3 is 2.38 bits per heavy atom. The van der Waals surface area contributed by atoms with Crippen LogP contribution < -0.4 is 5.73 Å². The first-order valence-electron chi connectivity index (χ1n) is 8.09. The average molecular weight is 343 g/mol. The van der Waals surface area contributed by atoms with Crippen LogP contribution >= 0.6 is 11.3 Å². The molecule has 0 saturated carbocycles. The summed E-state index contributed by atoms with van der Waals surface area (Å²) in [7, 11) is 0. The van der Waals surface area contributed by atoms with Crippen LogP contribution in [0.15, 0.2) is 47.8 Å². The van der Waals surface area contributed by atoms with Gasteiger partial charge in [-0.3, -0.25) is 9.59 Å². The van der Waals surface area contributed by atoms with Gasteiger partial charge in [-0.15, -0.1) is 11.3 Å². The molecule has 24 heavy (non-hydrogen) atoms. The summed E-state index contributed by atoms with van der Waals surface area (Å²) in [4.78, 5) is 29.5. The second kappa shape index (κ2) is 7.59. The number of amides is 2. The van der Waals surface area contributed by atoms with Gasteiger partial charge < -0.3 is 15.5 Å². The van der Waals surface area contributed by atoms with Gasteiger partial charge in [0.1, 0.15) is 6.04 Å². The third kappa shape index (κ3) is 3.66. The summed E-state index contributed by atoms with van der Waals surface area (Å²) in [6.45, 7) is 2.37. The van der Waals surface area contributed by atoms with E-state index in [0.717, 1.165) is 16.9 Å². The third-order valence-electron chi connectivity index (χ3n) is 4.25. The fourth-order valence-corrected chi connectivity index (χ4v) is 3.59. The van der Waals surface area contributed by atoms with E-state index in [9.17, 15) is 9.59 Å². The van der Waals surface area contributed by atoms with Crippen molar-refractivity contribution in [3.8, 4) is 0 Å². The van der Waals surface area contributed by atoms with E-state index in [2.05, 4.69) is 0 Å². The first kappa shape index (κ1) is 16.7. The minimum Gasteiger partial charge on any atom is -0.339 e. The van der Waals surface area contributed by atoms with Crippen molar-refractivity contribution >= 4 is 23.2 Å². The molecule has 126 valence electrons. The van der Waals surface area contributed by atoms with Gasteiger partial charge in [0, 0.05) is 26.2 Å². The van der Waals surface area contributed by atoms with Gasteiger partial charge in [-0.1, -0.05) is 36.4 Å². The van der Waals surface area contributed by atoms with Crippen LogP contribution in [-0.2, 0) is 4.79 Å². The van der Waals surface area contributed by atoms with E-state index in [1.54, 1.807) is 4.90 Å². The largest absolute Gasteiger partial charge is 0.339 e. The molecule has 2 aromatic rings. The minimum atomic E-state index is -0.647. The highest BCUT2D eigenvalue weighted by atomic mass is 32.1. The first-order valence-corrected chi connectivity index (χ1v) is 8.97. The number of rotatable bonds is 3. The van der Waals surface area contributed by atoms with Gasteiger partial charge in [-0.05, 0) is 23.4 Å². The molecule has 0 radical (unpaired) electrons. The number of hydrogen-bond donors (Lipinski definition) is 1. The molecule has 2 N–H and O–H groups in total. The number of nitrogens with two attached hydrogens (primary N) is 1. The van der Waals surface area contributed by atoms with Crippen LogP contribution in [0.1, 0.15) is 27.7 Å². The van der Waals surface area contributed by atoms with E-state index >= 15 is 0 Å². The van der Waals surface area contributed by atoms with E-state index in [-0.39, 0.29) is 11.8 Å². The molecule has 1 fully saturated rings. The second-order valence-electron chi connectivity index (χ2n) is 5.84. The van der Waals surface area contributed by atoms with Crippen LogP contribution in [0.4, 0.5) is 0 Å². The van der Waals surface area contributed by atoms with E-state index in [4.69, 9.17) is 5.73 Å². The Labute approximate surface area is 145 Å². The fourth-order valence-electron chi connectivity index (χ4n) is 2.90. The average Bonchev–Trinajstić information content (AvgIpc) is 3.05. The topological polar surface area (TPSA) is 66.6 Å². The molecule has 5 nitrogen and oxygen atoms in total. The molecule has 2 heterocycles. The highest BCUT2D eigenvalue weighted by molar-refractivity contribution is 7.12. The maximum Gasteiger partial charge on any atom is 0.263 e. The number of nitrogens with zero attached hydrogens (tertiary/aromatic N) is 2. The van der Waals surface area contributed by atoms with E-state index in [1.807, 2.05) is 52.7 Å². The van der Waals surface area contributed by atoms with Gasteiger partial charge in [0.15, 0.2) is 0 Å². The molecule has 0 spiro atoms. The van der Waals surface area contributed by atoms with Crippen LogP contribution in [0, 0.1) is 0 Å². The van der Waals surface area contributed by atoms with Gasteiger partial charge in [-0.2, -0.15) is 0 Å². The normalized spacial score (nSPS) is 16.5. The molecule has 3 rings (SSSR count). The molecular weight excluding hydrogens is 322 g/mol. The Kier molecular flexibility index (Phi) is 5.27. The molecule has 1 aromatic carbocycles. The Hall–Kier alpha value is -2.18. The number of benzene rings is 1. The molecule has 0 bridgehead atoms. The van der Waals surface area contributed by atoms with Crippen LogP contribution in [0.25, 0.3) is 0 Å². The molecule has 1 aromatic heterocycles. The van der Waals surface area contributed by atoms with Crippen molar-refractivity contribution < 1.29 is 9.59 Å². The van der Waals surface area contributed by atoms with Crippen molar-refractivity contribution in [2.75, 3.05) is 26.2 Å². The first-order chi connectivity index (χ1) is 11.7. The Morgan fingerprint density at radius 2 is 1.67 bits per heavy atom. The van der Waals surface area contributed by atoms with Crippen molar-refractivity contribution in [1.29, 1.82) is 0 Å². The lowest BCUT2D eigenvalue weighted by Crippen LogP contribution is -2.41. The summed E-state index contributed by atoms with van der Waals surface area (Å²) in [6.07, 6.45) is 0.768. The lowest BCUT2D eigenvalue weighted by atomic mass is 10.1. The van der Waals surface area contributed by atoms with Crippen LogP contribution in [0.5, 0.6) is 0 Å². The Balaban J connectivity index is 1.63. The van der Waals surface area contributed by atoms with Crippen molar-refractivity contribution in [2.24, 2.45) is 5.73 Å². The van der Waals surface area contributed by atoms with E-state index in [1.165, 1.54) is 11.3 Å². The highest BCUT2D eigenvalue weighted by Gasteiger charge is 2.26. The molecule has 1 aliphatic rings. The lowest BCUT2D eigenvalue weighted by Gasteiger charge is -2.24. The summed E-state index contributed by atoms with van der Waals surface area (Å²) >= 11 is 1.45. The monoisotopic (exact) mass is 343 g/mol. The Bertz CT molecular complexity index is 688. The van der Waals surface area contributed by atoms with Gasteiger partial charge in [0.25, 0.3) is 5.91 Å². The minimum absolute atomic E-state index is 0.0478. The third-order valence-corrected chi connectivity index (χ3v) is 5.11. The molecular formula is C18H21N3O2S. The van der Waals surface area contributed by atoms with Gasteiger partial charge >= 0.3 is 0 Å².